The van der Waals surface area contributed by atoms with Gasteiger partial charge in [-0.05, 0) is 6.42 Å². The smallest absolute Gasteiger partial charge is 0.134 e. The van der Waals surface area contributed by atoms with Crippen molar-refractivity contribution in [2.24, 2.45) is 5.73 Å². The van der Waals surface area contributed by atoms with Crippen molar-refractivity contribution in [1.29, 1.82) is 0 Å². The van der Waals surface area contributed by atoms with Crippen LogP contribution in [-0.4, -0.2) is 7.11 Å². The summed E-state index contributed by atoms with van der Waals surface area (Å²) in [6.07, 6.45) is 3.55. The fourth-order valence-electron chi connectivity index (χ4n) is 1.79. The van der Waals surface area contributed by atoms with Crippen LogP contribution in [0.5, 0.6) is 5.75 Å². The van der Waals surface area contributed by atoms with Crippen molar-refractivity contribution < 1.29 is 13.5 Å². The van der Waals surface area contributed by atoms with E-state index >= 15 is 0 Å². The van der Waals surface area contributed by atoms with Crippen molar-refractivity contribution in [3.63, 3.8) is 0 Å². The van der Waals surface area contributed by atoms with Crippen LogP contribution in [0.1, 0.15) is 44.2 Å². The van der Waals surface area contributed by atoms with Gasteiger partial charge in [0.25, 0.3) is 0 Å². The van der Waals surface area contributed by atoms with Crippen LogP contribution in [0.2, 0.25) is 0 Å². The zero-order valence-corrected chi connectivity index (χ0v) is 11.5. The zero-order valence-electron chi connectivity index (χ0n) is 10.7. The summed E-state index contributed by atoms with van der Waals surface area (Å²) in [7, 11) is 1.37. The summed E-state index contributed by atoms with van der Waals surface area (Å²) in [6, 6.07) is 1.74. The van der Waals surface area contributed by atoms with Gasteiger partial charge in [0, 0.05) is 23.7 Å². The number of rotatable bonds is 6. The second kappa shape index (κ2) is 8.27. The lowest BCUT2D eigenvalue weighted by Gasteiger charge is -2.14. The highest BCUT2D eigenvalue weighted by Gasteiger charge is 2.17. The normalized spacial score (nSPS) is 11.8. The van der Waals surface area contributed by atoms with Crippen LogP contribution < -0.4 is 10.5 Å². The molecule has 104 valence electrons. The monoisotopic (exact) mass is 279 g/mol. The quantitative estimate of drug-likeness (QED) is 0.800. The van der Waals surface area contributed by atoms with Crippen LogP contribution in [0.15, 0.2) is 12.1 Å². The van der Waals surface area contributed by atoms with Crippen molar-refractivity contribution >= 4 is 12.4 Å². The van der Waals surface area contributed by atoms with E-state index in [0.717, 1.165) is 31.4 Å². The highest BCUT2D eigenvalue weighted by molar-refractivity contribution is 5.85. The Morgan fingerprint density at radius 3 is 2.22 bits per heavy atom. The number of unbranched alkanes of at least 4 members (excludes halogenated alkanes) is 2. The van der Waals surface area contributed by atoms with Crippen LogP contribution in [0.25, 0.3) is 0 Å². The first-order chi connectivity index (χ1) is 8.10. The van der Waals surface area contributed by atoms with Gasteiger partial charge in [-0.2, -0.15) is 0 Å². The van der Waals surface area contributed by atoms with Gasteiger partial charge in [0.1, 0.15) is 17.4 Å². The van der Waals surface area contributed by atoms with Crippen molar-refractivity contribution in [3.8, 4) is 5.75 Å². The first-order valence-corrected chi connectivity index (χ1v) is 5.88. The molecular weight excluding hydrogens is 260 g/mol. The number of hydrogen-bond donors (Lipinski definition) is 1. The number of nitrogens with two attached hydrogens (primary N) is 1. The molecule has 0 aliphatic carbocycles. The van der Waals surface area contributed by atoms with Crippen LogP contribution >= 0.6 is 12.4 Å². The molecule has 1 aromatic carbocycles. The van der Waals surface area contributed by atoms with Crippen LogP contribution in [0.4, 0.5) is 8.78 Å². The molecule has 0 radical (unpaired) electrons. The molecule has 0 unspecified atom stereocenters. The van der Waals surface area contributed by atoms with E-state index in [0.29, 0.717) is 6.42 Å². The predicted octanol–water partition coefficient (Wildman–Crippen LogP) is 3.98. The summed E-state index contributed by atoms with van der Waals surface area (Å²) in [6.45, 7) is 2.07. The third-order valence-corrected chi connectivity index (χ3v) is 2.78. The lowest BCUT2D eigenvalue weighted by molar-refractivity contribution is 0.402. The summed E-state index contributed by atoms with van der Waals surface area (Å²) in [5, 5.41) is 0. The maximum absolute atomic E-state index is 13.7. The third kappa shape index (κ3) is 4.42. The van der Waals surface area contributed by atoms with Gasteiger partial charge in [-0.1, -0.05) is 26.2 Å². The molecule has 0 aromatic heterocycles. The molecule has 2 N–H and O–H groups in total. The molecule has 0 aliphatic heterocycles. The molecule has 0 heterocycles. The summed E-state index contributed by atoms with van der Waals surface area (Å²) in [5.41, 5.74) is 5.77. The second-order valence-corrected chi connectivity index (χ2v) is 4.11. The maximum atomic E-state index is 13.7. The lowest BCUT2D eigenvalue weighted by Crippen LogP contribution is -2.14. The Labute approximate surface area is 113 Å². The fourth-order valence-corrected chi connectivity index (χ4v) is 1.79. The van der Waals surface area contributed by atoms with Gasteiger partial charge < -0.3 is 10.5 Å². The van der Waals surface area contributed by atoms with Crippen LogP contribution in [-0.2, 0) is 0 Å². The van der Waals surface area contributed by atoms with E-state index in [1.807, 2.05) is 0 Å². The molecule has 2 nitrogen and oxygen atoms in total. The Kier molecular flexibility index (Phi) is 7.87. The molecule has 0 fully saturated rings. The van der Waals surface area contributed by atoms with Gasteiger partial charge in [0.2, 0.25) is 0 Å². The van der Waals surface area contributed by atoms with E-state index < -0.39 is 17.7 Å². The van der Waals surface area contributed by atoms with Gasteiger partial charge in [-0.15, -0.1) is 12.4 Å². The third-order valence-electron chi connectivity index (χ3n) is 2.78. The van der Waals surface area contributed by atoms with Crippen molar-refractivity contribution in [3.05, 3.63) is 29.3 Å². The average molecular weight is 280 g/mol. The summed E-state index contributed by atoms with van der Waals surface area (Å²) < 4.78 is 32.1. The van der Waals surface area contributed by atoms with E-state index in [1.165, 1.54) is 7.11 Å². The van der Waals surface area contributed by atoms with E-state index in [2.05, 4.69) is 6.92 Å². The van der Waals surface area contributed by atoms with Gasteiger partial charge in [0.05, 0.1) is 7.11 Å². The Bertz CT molecular complexity index is 351. The van der Waals surface area contributed by atoms with Crippen molar-refractivity contribution in [2.75, 3.05) is 7.11 Å². The molecule has 0 bridgehead atoms. The first kappa shape index (κ1) is 17.1. The highest BCUT2D eigenvalue weighted by Crippen LogP contribution is 2.27. The number of benzene rings is 1. The largest absolute Gasteiger partial charge is 0.497 e. The topological polar surface area (TPSA) is 35.2 Å². The minimum Gasteiger partial charge on any atom is -0.497 e. The Morgan fingerprint density at radius 2 is 1.78 bits per heavy atom. The highest BCUT2D eigenvalue weighted by atomic mass is 35.5. The van der Waals surface area contributed by atoms with Gasteiger partial charge in [-0.25, -0.2) is 8.78 Å². The van der Waals surface area contributed by atoms with E-state index in [1.54, 1.807) is 0 Å². The number of methoxy groups -OCH3 is 1. The lowest BCUT2D eigenvalue weighted by atomic mass is 10.00. The molecule has 0 saturated carbocycles. The molecular formula is C13H20ClF2NO. The van der Waals surface area contributed by atoms with E-state index in [9.17, 15) is 8.78 Å². The van der Waals surface area contributed by atoms with Crippen molar-refractivity contribution in [1.82, 2.24) is 0 Å². The molecule has 18 heavy (non-hydrogen) atoms. The number of halogens is 3. The minimum absolute atomic E-state index is 0. The molecule has 1 aromatic rings. The van der Waals surface area contributed by atoms with Crippen LogP contribution in [0, 0.1) is 11.6 Å². The van der Waals surface area contributed by atoms with E-state index in [4.69, 9.17) is 10.5 Å². The molecule has 0 saturated heterocycles. The second-order valence-electron chi connectivity index (χ2n) is 4.11. The summed E-state index contributed by atoms with van der Waals surface area (Å²) >= 11 is 0. The summed E-state index contributed by atoms with van der Waals surface area (Å²) in [5.74, 6) is -1.10. The van der Waals surface area contributed by atoms with Gasteiger partial charge >= 0.3 is 0 Å². The number of hydrogen-bond acceptors (Lipinski definition) is 2. The predicted molar refractivity (Wildman–Crippen MR) is 71.2 cm³/mol. The average Bonchev–Trinajstić information content (AvgIpc) is 2.28. The Balaban J connectivity index is 0.00000289. The molecule has 0 aliphatic rings. The zero-order chi connectivity index (χ0) is 12.8. The Hall–Kier alpha value is -0.870. The SMILES string of the molecule is CCCCC[C@H](N)c1c(F)cc(OC)cc1F.Cl. The Morgan fingerprint density at radius 1 is 1.22 bits per heavy atom. The molecule has 0 spiro atoms. The molecule has 1 atom stereocenters. The van der Waals surface area contributed by atoms with Gasteiger partial charge in [0.15, 0.2) is 0 Å². The molecule has 5 heteroatoms. The van der Waals surface area contributed by atoms with Crippen LogP contribution in [0.3, 0.4) is 0 Å². The number of ether oxygens (including phenoxy) is 1. The fraction of sp³-hybridized carbons (Fsp3) is 0.538. The molecule has 1 rings (SSSR count). The standard InChI is InChI=1S/C13H19F2NO.ClH/c1-3-4-5-6-12(16)13-10(14)7-9(17-2)8-11(13)15;/h7-8,12H,3-6,16H2,1-2H3;1H/t12-;/m0./s1. The summed E-state index contributed by atoms with van der Waals surface area (Å²) in [4.78, 5) is 0. The van der Waals surface area contributed by atoms with Crippen molar-refractivity contribution in [2.45, 2.75) is 38.6 Å². The maximum Gasteiger partial charge on any atom is 0.134 e. The molecule has 0 amide bonds. The minimum atomic E-state index is -0.633. The van der Waals surface area contributed by atoms with Gasteiger partial charge in [-0.3, -0.25) is 0 Å². The van der Waals surface area contributed by atoms with E-state index in [-0.39, 0.29) is 23.7 Å². The first-order valence-electron chi connectivity index (χ1n) is 5.88.